The van der Waals surface area contributed by atoms with Crippen molar-refractivity contribution >= 4 is 64.6 Å². The van der Waals surface area contributed by atoms with Crippen molar-refractivity contribution in [3.63, 3.8) is 0 Å². The van der Waals surface area contributed by atoms with Crippen molar-refractivity contribution in [1.82, 2.24) is 0 Å². The second-order valence-corrected chi connectivity index (χ2v) is 64.2. The zero-order valence-electron chi connectivity index (χ0n) is 40.9. The third kappa shape index (κ3) is 24.2. The van der Waals surface area contributed by atoms with E-state index in [0.717, 1.165) is 0 Å². The third-order valence-electron chi connectivity index (χ3n) is 9.94. The van der Waals surface area contributed by atoms with Crippen molar-refractivity contribution < 1.29 is 73.2 Å². The van der Waals surface area contributed by atoms with Gasteiger partial charge in [0.2, 0.25) is 0 Å². The minimum absolute atomic E-state index is 0. The molecule has 0 bridgehead atoms. The summed E-state index contributed by atoms with van der Waals surface area (Å²) in [6, 6.07) is 0. The van der Waals surface area contributed by atoms with Crippen LogP contribution in [-0.2, 0) is 0 Å². The van der Waals surface area contributed by atoms with Crippen LogP contribution in [0.15, 0.2) is 0 Å². The van der Waals surface area contributed by atoms with Crippen LogP contribution in [0, 0.1) is 184 Å². The van der Waals surface area contributed by atoms with Crippen LogP contribution < -0.4 is 0 Å². The van der Waals surface area contributed by atoms with Crippen LogP contribution in [0.2, 0.25) is 157 Å². The first-order chi connectivity index (χ1) is 22.8. The predicted octanol–water partition coefficient (Wildman–Crippen LogP) is 12.4. The fourth-order valence-electron chi connectivity index (χ4n) is 5.51. The van der Waals surface area contributed by atoms with E-state index in [1.54, 1.807) is 44.3 Å². The molecule has 0 saturated heterocycles. The molecule has 0 unspecified atom stereocenters. The molecule has 0 heterocycles. The summed E-state index contributed by atoms with van der Waals surface area (Å²) in [6.45, 7) is 57.9. The average Bonchev–Trinajstić information content (AvgIpc) is 3.72. The monoisotopic (exact) mass is 1350 g/mol. The number of hydrogen-bond donors (Lipinski definition) is 0. The maximum Gasteiger partial charge on any atom is 2.00 e. The Kier molecular flexibility index (Phi) is 30.2. The predicted molar refractivity (Wildman–Crippen MR) is 272 cm³/mol. The molecule has 4 fully saturated rings. The molecule has 4 aliphatic carbocycles. The molecule has 0 aromatic carbocycles. The van der Waals surface area contributed by atoms with Crippen molar-refractivity contribution in [2.45, 2.75) is 157 Å². The molecule has 2 nitrogen and oxygen atoms in total. The van der Waals surface area contributed by atoms with Crippen molar-refractivity contribution in [1.29, 1.82) is 0 Å². The van der Waals surface area contributed by atoms with Crippen LogP contribution in [0.4, 0.5) is 0 Å². The van der Waals surface area contributed by atoms with E-state index in [9.17, 15) is 0 Å². The maximum atomic E-state index is 2.46. The fourth-order valence-corrected chi connectivity index (χ4v) is 15.5. The fraction of sp³-hybridized carbons (Fsp3) is 0.545. The molecule has 312 valence electrons. The Morgan fingerprint density at radius 1 is 0.196 bits per heavy atom. The SMILES string of the molecule is C[Si](C)(C)[C]1[CH][CH][C]([Si](C)(C)C)[CH]1.C[Si](C)(C)[C]1[CH][CH][C]([Si](C)(C)C)[CH]1.C[Si](C)(C)[C]1[CH][CH][C]([Si](C)(C)C)[CH]1.C[Si](C)(C)[C]1[CH][CH][C]([Si](C)(C)C)[CH]1.O.O.[U+2].[U+2]. The molecule has 0 aliphatic heterocycles. The van der Waals surface area contributed by atoms with Crippen LogP contribution in [0.3, 0.4) is 0 Å². The molecule has 0 amide bonds. The van der Waals surface area contributed by atoms with E-state index in [-0.39, 0.29) is 73.2 Å². The quantitative estimate of drug-likeness (QED) is 0.218. The van der Waals surface area contributed by atoms with Crippen LogP contribution in [0.25, 0.3) is 0 Å². The van der Waals surface area contributed by atoms with E-state index >= 15 is 0 Å². The van der Waals surface area contributed by atoms with Gasteiger partial charge in [0.15, 0.2) is 0 Å². The Morgan fingerprint density at radius 3 is 0.304 bits per heavy atom. The topological polar surface area (TPSA) is 63.0 Å². The molecule has 0 aromatic heterocycles. The van der Waals surface area contributed by atoms with Crippen LogP contribution in [0.1, 0.15) is 0 Å². The smallest absolute Gasteiger partial charge is 0.412 e. The van der Waals surface area contributed by atoms with E-state index in [1.165, 1.54) is 0 Å². The minimum atomic E-state index is -1.07. The van der Waals surface area contributed by atoms with Gasteiger partial charge < -0.3 is 11.0 Å². The summed E-state index contributed by atoms with van der Waals surface area (Å²) in [5.41, 5.74) is 12.9. The van der Waals surface area contributed by atoms with E-state index in [0.29, 0.717) is 0 Å². The van der Waals surface area contributed by atoms with Crippen LogP contribution >= 0.6 is 0 Å². The van der Waals surface area contributed by atoms with Gasteiger partial charge in [0.05, 0.1) is 64.6 Å². The second kappa shape index (κ2) is 25.5. The van der Waals surface area contributed by atoms with Gasteiger partial charge in [-0.25, -0.2) is 0 Å². The van der Waals surface area contributed by atoms with E-state index in [2.05, 4.69) is 234 Å². The second-order valence-electron chi connectivity index (χ2n) is 23.6. The van der Waals surface area contributed by atoms with Gasteiger partial charge in [0.25, 0.3) is 0 Å². The van der Waals surface area contributed by atoms with Crippen molar-refractivity contribution in [2.24, 2.45) is 0 Å². The molecular weight excluding hydrogens is 1260 g/mol. The standard InChI is InChI=1S/4C11H21Si2.2H2O.2U/c4*1-12(2,3)10-7-8-11(9-10)13(4,5)6;;;;/h4*7-9H,1-6H3;2*1H2;;/q;;;;;;2*+2. The molecule has 0 atom stereocenters. The van der Waals surface area contributed by atoms with Crippen molar-refractivity contribution in [3.05, 3.63) is 121 Å². The van der Waals surface area contributed by atoms with Gasteiger partial charge in [-0.2, -0.15) is 0 Å². The van der Waals surface area contributed by atoms with E-state index in [1.807, 2.05) is 0 Å². The summed E-state index contributed by atoms with van der Waals surface area (Å²) < 4.78 is 0. The summed E-state index contributed by atoms with van der Waals surface area (Å²) in [7, 11) is -8.55. The molecule has 4 rings (SSSR count). The van der Waals surface area contributed by atoms with Crippen molar-refractivity contribution in [2.75, 3.05) is 0 Å². The molecule has 56 heavy (non-hydrogen) atoms. The molecule has 4 N–H and O–H groups in total. The van der Waals surface area contributed by atoms with Crippen LogP contribution in [0.5, 0.6) is 0 Å². The largest absolute Gasteiger partial charge is 2.00 e. The van der Waals surface area contributed by atoms with Gasteiger partial charge >= 0.3 is 62.2 Å². The maximum absolute atomic E-state index is 2.46. The molecule has 20 radical (unpaired) electrons. The first kappa shape index (κ1) is 66.4. The Labute approximate surface area is 411 Å². The van der Waals surface area contributed by atoms with Gasteiger partial charge in [0.1, 0.15) is 0 Å². The molecule has 0 spiro atoms. The minimum Gasteiger partial charge on any atom is -0.412 e. The Bertz CT molecular complexity index is 807. The number of hydrogen-bond acceptors (Lipinski definition) is 0. The van der Waals surface area contributed by atoms with Gasteiger partial charge in [-0.1, -0.05) is 157 Å². The summed E-state index contributed by atoms with van der Waals surface area (Å²) >= 11 is 0. The first-order valence-corrected chi connectivity index (χ1v) is 48.0. The van der Waals surface area contributed by atoms with Gasteiger partial charge in [0, 0.05) is 0 Å². The van der Waals surface area contributed by atoms with Gasteiger partial charge in [-0.15, -0.1) is 0 Å². The third-order valence-corrected chi connectivity index (χ3v) is 26.3. The zero-order valence-corrected chi connectivity index (χ0v) is 57.3. The van der Waals surface area contributed by atoms with Gasteiger partial charge in [-0.05, 0) is 121 Å². The molecule has 4 saturated carbocycles. The van der Waals surface area contributed by atoms with Crippen molar-refractivity contribution in [3.8, 4) is 0 Å². The summed E-state index contributed by atoms with van der Waals surface area (Å²) in [4.78, 5) is 0. The summed E-state index contributed by atoms with van der Waals surface area (Å²) in [6.07, 6.45) is 28.6. The Hall–Kier alpha value is 3.76. The molecular formula is C44H88O2Si8U2+4. The Balaban J connectivity index is -0.000000314. The number of rotatable bonds is 8. The molecule has 0 aromatic rings. The van der Waals surface area contributed by atoms with E-state index < -0.39 is 64.6 Å². The Morgan fingerprint density at radius 2 is 0.268 bits per heavy atom. The van der Waals surface area contributed by atoms with Gasteiger partial charge in [-0.3, -0.25) is 0 Å². The molecule has 12 heteroatoms. The zero-order chi connectivity index (χ0) is 41.1. The first-order valence-electron chi connectivity index (χ1n) is 20.0. The van der Waals surface area contributed by atoms with E-state index in [4.69, 9.17) is 0 Å². The average molecular weight is 1350 g/mol. The summed E-state index contributed by atoms with van der Waals surface area (Å²) in [5, 5.41) is 0. The summed E-state index contributed by atoms with van der Waals surface area (Å²) in [5.74, 6) is 0. The molecule has 4 aliphatic rings. The normalized spacial score (nSPS) is 21.0. The van der Waals surface area contributed by atoms with Crippen LogP contribution in [-0.4, -0.2) is 75.5 Å².